The molecular weight excluding hydrogens is 340 g/mol. The highest BCUT2D eigenvalue weighted by atomic mass is 16.2. The van der Waals surface area contributed by atoms with E-state index in [0.29, 0.717) is 18.8 Å². The predicted molar refractivity (Wildman–Crippen MR) is 104 cm³/mol. The number of benzene rings is 1. The second kappa shape index (κ2) is 9.09. The van der Waals surface area contributed by atoms with Crippen molar-refractivity contribution < 1.29 is 9.59 Å². The molecule has 1 aromatic carbocycles. The van der Waals surface area contributed by atoms with Crippen molar-refractivity contribution in [2.45, 2.75) is 13.5 Å². The number of carbonyl (C=O) groups excluding carboxylic acids is 2. The van der Waals surface area contributed by atoms with Crippen molar-refractivity contribution in [2.75, 3.05) is 26.2 Å². The first kappa shape index (κ1) is 18.8. The fourth-order valence-electron chi connectivity index (χ4n) is 3.08. The number of nitrogens with one attached hydrogen (secondary N) is 1. The summed E-state index contributed by atoms with van der Waals surface area (Å²) in [6.07, 6.45) is 5.32. The van der Waals surface area contributed by atoms with E-state index in [1.807, 2.05) is 42.5 Å². The van der Waals surface area contributed by atoms with Gasteiger partial charge >= 0.3 is 0 Å². The molecule has 1 aromatic heterocycles. The van der Waals surface area contributed by atoms with Crippen LogP contribution in [0.25, 0.3) is 6.08 Å². The lowest BCUT2D eigenvalue weighted by atomic mass is 10.1. The molecule has 6 nitrogen and oxygen atoms in total. The van der Waals surface area contributed by atoms with Gasteiger partial charge in [0, 0.05) is 52.0 Å². The Balaban J connectivity index is 1.63. The van der Waals surface area contributed by atoms with Gasteiger partial charge in [0.15, 0.2) is 0 Å². The van der Waals surface area contributed by atoms with E-state index in [0.717, 1.165) is 25.2 Å². The van der Waals surface area contributed by atoms with E-state index in [4.69, 9.17) is 0 Å². The minimum Gasteiger partial charge on any atom is -0.335 e. The van der Waals surface area contributed by atoms with Gasteiger partial charge in [-0.3, -0.25) is 19.5 Å². The zero-order chi connectivity index (χ0) is 19.1. The van der Waals surface area contributed by atoms with Gasteiger partial charge in [0.1, 0.15) is 5.70 Å². The van der Waals surface area contributed by atoms with E-state index in [-0.39, 0.29) is 11.8 Å². The van der Waals surface area contributed by atoms with E-state index >= 15 is 0 Å². The molecule has 140 valence electrons. The highest BCUT2D eigenvalue weighted by Gasteiger charge is 2.24. The molecular formula is C21H24N4O2. The molecule has 0 atom stereocenters. The van der Waals surface area contributed by atoms with Crippen LogP contribution in [0.2, 0.25) is 0 Å². The number of rotatable bonds is 5. The topological polar surface area (TPSA) is 65.5 Å². The lowest BCUT2D eigenvalue weighted by molar-refractivity contribution is -0.130. The Kier molecular flexibility index (Phi) is 6.33. The molecule has 2 amide bonds. The summed E-state index contributed by atoms with van der Waals surface area (Å²) in [5.74, 6) is -0.389. The Labute approximate surface area is 159 Å². The maximum absolute atomic E-state index is 12.9. The lowest BCUT2D eigenvalue weighted by Crippen LogP contribution is -2.50. The average molecular weight is 364 g/mol. The van der Waals surface area contributed by atoms with E-state index in [1.165, 1.54) is 12.5 Å². The smallest absolute Gasteiger partial charge is 0.270 e. The van der Waals surface area contributed by atoms with Gasteiger partial charge in [-0.2, -0.15) is 0 Å². The molecule has 0 aliphatic carbocycles. The van der Waals surface area contributed by atoms with Crippen LogP contribution in [0.5, 0.6) is 0 Å². The first-order chi connectivity index (χ1) is 13.1. The van der Waals surface area contributed by atoms with Gasteiger partial charge in [-0.15, -0.1) is 0 Å². The van der Waals surface area contributed by atoms with Crippen LogP contribution in [0.3, 0.4) is 0 Å². The molecule has 1 aliphatic heterocycles. The normalized spacial score (nSPS) is 15.4. The minimum atomic E-state index is -0.248. The van der Waals surface area contributed by atoms with Gasteiger partial charge in [-0.1, -0.05) is 30.3 Å². The molecule has 0 saturated carbocycles. The highest BCUT2D eigenvalue weighted by Crippen LogP contribution is 2.12. The maximum atomic E-state index is 12.9. The van der Waals surface area contributed by atoms with Crippen molar-refractivity contribution >= 4 is 17.9 Å². The number of piperazine rings is 1. The van der Waals surface area contributed by atoms with Gasteiger partial charge in [-0.25, -0.2) is 0 Å². The molecule has 1 aliphatic rings. The Bertz CT molecular complexity index is 797. The molecule has 1 fully saturated rings. The van der Waals surface area contributed by atoms with Gasteiger partial charge in [-0.05, 0) is 29.3 Å². The molecule has 2 aromatic rings. The number of carbonyl (C=O) groups is 2. The van der Waals surface area contributed by atoms with E-state index < -0.39 is 0 Å². The van der Waals surface area contributed by atoms with Crippen molar-refractivity contribution in [2.24, 2.45) is 0 Å². The van der Waals surface area contributed by atoms with Crippen LogP contribution in [0.1, 0.15) is 18.1 Å². The number of hydrogen-bond donors (Lipinski definition) is 1. The quantitative estimate of drug-likeness (QED) is 0.823. The molecule has 0 radical (unpaired) electrons. The SMILES string of the molecule is CC(=O)N/C(=C\c1ccccc1)C(=O)N1CCN(Cc2ccncc2)CC1. The fraction of sp³-hybridized carbons (Fsp3) is 0.286. The number of hydrogen-bond acceptors (Lipinski definition) is 4. The van der Waals surface area contributed by atoms with Crippen molar-refractivity contribution in [3.8, 4) is 0 Å². The number of aromatic nitrogens is 1. The third kappa shape index (κ3) is 5.49. The highest BCUT2D eigenvalue weighted by molar-refractivity contribution is 6.01. The van der Waals surface area contributed by atoms with Crippen LogP contribution in [-0.4, -0.2) is 52.8 Å². The van der Waals surface area contributed by atoms with Gasteiger partial charge in [0.05, 0.1) is 0 Å². The van der Waals surface area contributed by atoms with Crippen LogP contribution in [0, 0.1) is 0 Å². The molecule has 27 heavy (non-hydrogen) atoms. The molecule has 1 saturated heterocycles. The van der Waals surface area contributed by atoms with Crippen molar-refractivity contribution in [1.82, 2.24) is 20.1 Å². The molecule has 3 rings (SSSR count). The van der Waals surface area contributed by atoms with Crippen molar-refractivity contribution in [1.29, 1.82) is 0 Å². The van der Waals surface area contributed by atoms with Gasteiger partial charge in [0.2, 0.25) is 5.91 Å². The summed E-state index contributed by atoms with van der Waals surface area (Å²) in [4.78, 5) is 32.6. The van der Waals surface area contributed by atoms with Crippen LogP contribution < -0.4 is 5.32 Å². The lowest BCUT2D eigenvalue weighted by Gasteiger charge is -2.35. The zero-order valence-corrected chi connectivity index (χ0v) is 15.5. The van der Waals surface area contributed by atoms with Crippen molar-refractivity contribution in [3.63, 3.8) is 0 Å². The summed E-state index contributed by atoms with van der Waals surface area (Å²) >= 11 is 0. The second-order valence-electron chi connectivity index (χ2n) is 6.57. The monoisotopic (exact) mass is 364 g/mol. The third-order valence-corrected chi connectivity index (χ3v) is 4.47. The molecule has 1 N–H and O–H groups in total. The van der Waals surface area contributed by atoms with E-state index in [2.05, 4.69) is 15.2 Å². The maximum Gasteiger partial charge on any atom is 0.270 e. The van der Waals surface area contributed by atoms with Crippen LogP contribution in [-0.2, 0) is 16.1 Å². The Morgan fingerprint density at radius 3 is 2.33 bits per heavy atom. The molecule has 2 heterocycles. The fourth-order valence-corrected chi connectivity index (χ4v) is 3.08. The average Bonchev–Trinajstić information content (AvgIpc) is 2.69. The summed E-state index contributed by atoms with van der Waals surface area (Å²) in [5.41, 5.74) is 2.41. The number of pyridine rings is 1. The number of amides is 2. The molecule has 0 spiro atoms. The van der Waals surface area contributed by atoms with Crippen LogP contribution in [0.4, 0.5) is 0 Å². The Hall–Kier alpha value is -2.99. The zero-order valence-electron chi connectivity index (χ0n) is 15.5. The van der Waals surface area contributed by atoms with E-state index in [1.54, 1.807) is 23.4 Å². The third-order valence-electron chi connectivity index (χ3n) is 4.47. The standard InChI is InChI=1S/C21H24N4O2/c1-17(26)23-20(15-18-5-3-2-4-6-18)21(27)25-13-11-24(12-14-25)16-19-7-9-22-10-8-19/h2-10,15H,11-14,16H2,1H3,(H,23,26)/b20-15-. The second-order valence-corrected chi connectivity index (χ2v) is 6.57. The predicted octanol–water partition coefficient (Wildman–Crippen LogP) is 1.90. The Morgan fingerprint density at radius 1 is 1.04 bits per heavy atom. The van der Waals surface area contributed by atoms with Crippen LogP contribution >= 0.6 is 0 Å². The summed E-state index contributed by atoms with van der Waals surface area (Å²) < 4.78 is 0. The van der Waals surface area contributed by atoms with E-state index in [9.17, 15) is 9.59 Å². The van der Waals surface area contributed by atoms with Gasteiger partial charge in [0.25, 0.3) is 5.91 Å². The van der Waals surface area contributed by atoms with Gasteiger partial charge < -0.3 is 10.2 Å². The van der Waals surface area contributed by atoms with Crippen molar-refractivity contribution in [3.05, 3.63) is 71.7 Å². The van der Waals surface area contributed by atoms with Crippen LogP contribution in [0.15, 0.2) is 60.6 Å². The largest absolute Gasteiger partial charge is 0.335 e. The summed E-state index contributed by atoms with van der Waals surface area (Å²) in [5, 5.41) is 2.69. The minimum absolute atomic E-state index is 0.141. The summed E-state index contributed by atoms with van der Waals surface area (Å²) in [6, 6.07) is 13.5. The Morgan fingerprint density at radius 2 is 1.70 bits per heavy atom. The molecule has 6 heteroatoms. The molecule has 0 unspecified atom stereocenters. The summed E-state index contributed by atoms with van der Waals surface area (Å²) in [6.45, 7) is 5.13. The number of nitrogens with zero attached hydrogens (tertiary/aromatic N) is 3. The first-order valence-corrected chi connectivity index (χ1v) is 9.06. The first-order valence-electron chi connectivity index (χ1n) is 9.06. The molecule has 0 bridgehead atoms. The summed E-state index contributed by atoms with van der Waals surface area (Å²) in [7, 11) is 0.